The van der Waals surface area contributed by atoms with Crippen molar-refractivity contribution in [3.63, 3.8) is 0 Å². The average Bonchev–Trinajstić information content (AvgIpc) is 2.72. The molecule has 1 aliphatic heterocycles. The van der Waals surface area contributed by atoms with E-state index in [4.69, 9.17) is 14.7 Å². The smallest absolute Gasteiger partial charge is 0.335 e. The fourth-order valence-electron chi connectivity index (χ4n) is 2.97. The molecule has 1 fully saturated rings. The van der Waals surface area contributed by atoms with Crippen molar-refractivity contribution in [2.24, 2.45) is 0 Å². The van der Waals surface area contributed by atoms with Gasteiger partial charge in [0.1, 0.15) is 11.6 Å². The van der Waals surface area contributed by atoms with Gasteiger partial charge in [-0.15, -0.1) is 0 Å². The number of barbiturate groups is 1. The van der Waals surface area contributed by atoms with Gasteiger partial charge in [-0.25, -0.2) is 9.69 Å². The second-order valence-electron chi connectivity index (χ2n) is 6.33. The van der Waals surface area contributed by atoms with Gasteiger partial charge in [0, 0.05) is 0 Å². The predicted molar refractivity (Wildman–Crippen MR) is 109 cm³/mol. The van der Waals surface area contributed by atoms with Crippen LogP contribution in [0.4, 0.5) is 10.5 Å². The van der Waals surface area contributed by atoms with E-state index >= 15 is 0 Å². The van der Waals surface area contributed by atoms with Crippen molar-refractivity contribution in [1.29, 1.82) is 5.26 Å². The first kappa shape index (κ1) is 20.6. The van der Waals surface area contributed by atoms with Crippen LogP contribution in [0, 0.1) is 18.3 Å². The summed E-state index contributed by atoms with van der Waals surface area (Å²) in [5.41, 5.74) is 1.42. The van der Waals surface area contributed by atoms with Crippen LogP contribution in [0.2, 0.25) is 0 Å². The van der Waals surface area contributed by atoms with E-state index in [0.717, 1.165) is 4.90 Å². The van der Waals surface area contributed by atoms with Gasteiger partial charge in [0.15, 0.2) is 18.1 Å². The molecule has 1 saturated heterocycles. The van der Waals surface area contributed by atoms with E-state index in [1.54, 1.807) is 56.3 Å². The van der Waals surface area contributed by atoms with E-state index in [0.29, 0.717) is 34.9 Å². The number of ether oxygens (including phenoxy) is 2. The minimum absolute atomic E-state index is 0.144. The van der Waals surface area contributed by atoms with Crippen molar-refractivity contribution in [3.05, 3.63) is 59.2 Å². The highest BCUT2D eigenvalue weighted by molar-refractivity contribution is 6.39. The number of rotatable bonds is 6. The molecule has 4 amide bonds. The Balaban J connectivity index is 1.99. The van der Waals surface area contributed by atoms with Crippen LogP contribution in [-0.4, -0.2) is 31.1 Å². The number of hydrogen-bond donors (Lipinski definition) is 1. The number of benzene rings is 2. The molecule has 2 aromatic carbocycles. The van der Waals surface area contributed by atoms with Gasteiger partial charge in [0.25, 0.3) is 11.8 Å². The van der Waals surface area contributed by atoms with Crippen molar-refractivity contribution in [3.8, 4) is 17.6 Å². The summed E-state index contributed by atoms with van der Waals surface area (Å²) in [7, 11) is 0. The Morgan fingerprint density at radius 3 is 2.57 bits per heavy atom. The minimum atomic E-state index is -0.799. The Hall–Kier alpha value is -4.12. The lowest BCUT2D eigenvalue weighted by Crippen LogP contribution is -2.54. The first-order valence-corrected chi connectivity index (χ1v) is 9.20. The van der Waals surface area contributed by atoms with Gasteiger partial charge < -0.3 is 9.47 Å². The third-order valence-corrected chi connectivity index (χ3v) is 4.33. The number of imide groups is 2. The molecule has 152 valence electrons. The molecule has 1 aliphatic rings. The van der Waals surface area contributed by atoms with Gasteiger partial charge in [-0.2, -0.15) is 5.26 Å². The quantitative estimate of drug-likeness (QED) is 0.585. The third-order valence-electron chi connectivity index (χ3n) is 4.33. The normalized spacial score (nSPS) is 15.0. The van der Waals surface area contributed by atoms with Crippen LogP contribution in [0.25, 0.3) is 6.08 Å². The van der Waals surface area contributed by atoms with Crippen LogP contribution in [0.5, 0.6) is 11.5 Å². The monoisotopic (exact) mass is 405 g/mol. The molecule has 1 N–H and O–H groups in total. The number of para-hydroxylation sites is 1. The van der Waals surface area contributed by atoms with Crippen LogP contribution in [0.3, 0.4) is 0 Å². The summed E-state index contributed by atoms with van der Waals surface area (Å²) < 4.78 is 10.8. The highest BCUT2D eigenvalue weighted by atomic mass is 16.5. The highest BCUT2D eigenvalue weighted by Crippen LogP contribution is 2.30. The van der Waals surface area contributed by atoms with Gasteiger partial charge >= 0.3 is 6.03 Å². The summed E-state index contributed by atoms with van der Waals surface area (Å²) in [6, 6.07) is 12.8. The van der Waals surface area contributed by atoms with Crippen molar-refractivity contribution in [2.75, 3.05) is 18.1 Å². The summed E-state index contributed by atoms with van der Waals surface area (Å²) in [6.45, 7) is 3.78. The molecule has 30 heavy (non-hydrogen) atoms. The molecule has 2 aromatic rings. The average molecular weight is 405 g/mol. The first-order chi connectivity index (χ1) is 14.5. The topological polar surface area (TPSA) is 109 Å². The van der Waals surface area contributed by atoms with Crippen molar-refractivity contribution in [2.45, 2.75) is 13.8 Å². The highest BCUT2D eigenvalue weighted by Gasteiger charge is 2.37. The lowest BCUT2D eigenvalue weighted by atomic mass is 10.1. The zero-order chi connectivity index (χ0) is 21.7. The van der Waals surface area contributed by atoms with Gasteiger partial charge in [0.05, 0.1) is 12.3 Å². The molecule has 0 saturated carbocycles. The van der Waals surface area contributed by atoms with Gasteiger partial charge in [0.2, 0.25) is 0 Å². The Bertz CT molecular complexity index is 1080. The molecule has 0 spiro atoms. The molecule has 8 heteroatoms. The van der Waals surface area contributed by atoms with Crippen LogP contribution >= 0.6 is 0 Å². The Kier molecular flexibility index (Phi) is 6.13. The van der Waals surface area contributed by atoms with Gasteiger partial charge in [-0.3, -0.25) is 14.9 Å². The van der Waals surface area contributed by atoms with Crippen molar-refractivity contribution < 1.29 is 23.9 Å². The number of carbonyl (C=O) groups is 3. The second kappa shape index (κ2) is 8.92. The molecule has 3 rings (SSSR count). The van der Waals surface area contributed by atoms with E-state index in [1.165, 1.54) is 6.08 Å². The molecule has 0 aromatic heterocycles. The molecule has 0 radical (unpaired) electrons. The van der Waals surface area contributed by atoms with E-state index in [2.05, 4.69) is 5.32 Å². The van der Waals surface area contributed by atoms with E-state index in [-0.39, 0.29) is 12.2 Å². The zero-order valence-corrected chi connectivity index (χ0v) is 16.5. The van der Waals surface area contributed by atoms with Gasteiger partial charge in [-0.05, 0) is 49.2 Å². The molecule has 1 heterocycles. The first-order valence-electron chi connectivity index (χ1n) is 9.20. The fraction of sp³-hybridized carbons (Fsp3) is 0.182. The van der Waals surface area contributed by atoms with Crippen molar-refractivity contribution >= 4 is 29.6 Å². The maximum Gasteiger partial charge on any atom is 0.335 e. The molecule has 0 unspecified atom stereocenters. The van der Waals surface area contributed by atoms with Gasteiger partial charge in [-0.1, -0.05) is 24.3 Å². The number of urea groups is 1. The summed E-state index contributed by atoms with van der Waals surface area (Å²) in [5.74, 6) is -0.757. The number of hydrogen-bond acceptors (Lipinski definition) is 6. The number of carbonyl (C=O) groups excluding carboxylic acids is 3. The number of nitrogens with zero attached hydrogens (tertiary/aromatic N) is 2. The Morgan fingerprint density at radius 2 is 1.87 bits per heavy atom. The van der Waals surface area contributed by atoms with Crippen molar-refractivity contribution in [1.82, 2.24) is 5.32 Å². The third kappa shape index (κ3) is 4.15. The molecule has 8 nitrogen and oxygen atoms in total. The molecular formula is C22H19N3O5. The summed E-state index contributed by atoms with van der Waals surface area (Å²) in [5, 5.41) is 10.9. The zero-order valence-electron chi connectivity index (χ0n) is 16.5. The van der Waals surface area contributed by atoms with Crippen LogP contribution in [0.1, 0.15) is 18.1 Å². The molecule has 0 atom stereocenters. The number of amides is 4. The standard InChI is InChI=1S/C22H19N3O5/c1-3-29-19-13-15(8-9-18(19)30-11-10-23)12-16-20(26)24-22(28)25(21(16)27)17-7-5-4-6-14(17)2/h4-9,12-13H,3,11H2,1-2H3,(H,24,26,28)/b16-12+. The second-order valence-corrected chi connectivity index (χ2v) is 6.33. The van der Waals surface area contributed by atoms with E-state index < -0.39 is 17.8 Å². The lowest BCUT2D eigenvalue weighted by molar-refractivity contribution is -0.122. The summed E-state index contributed by atoms with van der Waals surface area (Å²) >= 11 is 0. The van der Waals surface area contributed by atoms with E-state index in [9.17, 15) is 14.4 Å². The number of anilines is 1. The molecule has 0 bridgehead atoms. The lowest BCUT2D eigenvalue weighted by Gasteiger charge is -2.27. The van der Waals surface area contributed by atoms with Crippen LogP contribution in [-0.2, 0) is 9.59 Å². The van der Waals surface area contributed by atoms with E-state index in [1.807, 2.05) is 6.07 Å². The minimum Gasteiger partial charge on any atom is -0.490 e. The van der Waals surface area contributed by atoms with Crippen LogP contribution < -0.4 is 19.7 Å². The summed E-state index contributed by atoms with van der Waals surface area (Å²) in [4.78, 5) is 38.6. The molecule has 0 aliphatic carbocycles. The SMILES string of the molecule is CCOc1cc(/C=C2\C(=O)NC(=O)N(c3ccccc3C)C2=O)ccc1OCC#N. The Labute approximate surface area is 173 Å². The number of nitriles is 1. The maximum atomic E-state index is 13.0. The predicted octanol–water partition coefficient (Wildman–Crippen LogP) is 2.96. The summed E-state index contributed by atoms with van der Waals surface area (Å²) in [6.07, 6.45) is 1.38. The number of nitrogens with one attached hydrogen (secondary N) is 1. The Morgan fingerprint density at radius 1 is 1.10 bits per heavy atom. The largest absolute Gasteiger partial charge is 0.490 e. The number of aryl methyl sites for hydroxylation is 1. The fourth-order valence-corrected chi connectivity index (χ4v) is 2.97. The van der Waals surface area contributed by atoms with Crippen LogP contribution in [0.15, 0.2) is 48.0 Å². The molecular weight excluding hydrogens is 386 g/mol. The maximum absolute atomic E-state index is 13.0.